The Morgan fingerprint density at radius 2 is 2.35 bits per heavy atom. The van der Waals surface area contributed by atoms with Crippen LogP contribution < -0.4 is 4.90 Å². The number of aromatic nitrogens is 2. The minimum atomic E-state index is -1.24. The second-order valence-corrected chi connectivity index (χ2v) is 4.91. The van der Waals surface area contributed by atoms with Crippen LogP contribution >= 0.6 is 27.5 Å². The van der Waals surface area contributed by atoms with Crippen molar-refractivity contribution in [1.82, 2.24) is 9.97 Å². The number of rotatable bonds is 2. The van der Waals surface area contributed by atoms with Crippen molar-refractivity contribution in [2.75, 3.05) is 11.4 Å². The number of carbonyl (C=O) groups is 2. The standard InChI is InChI=1S/C9H7BrClN3O3/c10-5-2-12-8(7(13-5)9(16)17)14-3-4(11)1-6(14)15/h2,4H,1,3H2,(H,16,17). The van der Waals surface area contributed by atoms with Crippen molar-refractivity contribution in [3.05, 3.63) is 16.5 Å². The molecule has 6 nitrogen and oxygen atoms in total. The van der Waals surface area contributed by atoms with Gasteiger partial charge < -0.3 is 5.11 Å². The lowest BCUT2D eigenvalue weighted by Gasteiger charge is -2.15. The van der Waals surface area contributed by atoms with Crippen LogP contribution in [0.15, 0.2) is 10.8 Å². The Labute approximate surface area is 110 Å². The van der Waals surface area contributed by atoms with Crippen LogP contribution in [-0.4, -0.2) is 38.9 Å². The monoisotopic (exact) mass is 319 g/mol. The number of nitrogens with zero attached hydrogens (tertiary/aromatic N) is 3. The molecule has 0 radical (unpaired) electrons. The Kier molecular flexibility index (Phi) is 3.30. The zero-order chi connectivity index (χ0) is 12.6. The third-order valence-electron chi connectivity index (χ3n) is 2.26. The predicted molar refractivity (Wildman–Crippen MR) is 63.3 cm³/mol. The van der Waals surface area contributed by atoms with Crippen LogP contribution in [0.4, 0.5) is 5.82 Å². The Morgan fingerprint density at radius 1 is 1.65 bits per heavy atom. The number of carbonyl (C=O) groups excluding carboxylic acids is 1. The van der Waals surface area contributed by atoms with E-state index in [-0.39, 0.29) is 35.8 Å². The van der Waals surface area contributed by atoms with Crippen molar-refractivity contribution in [2.24, 2.45) is 0 Å². The van der Waals surface area contributed by atoms with Crippen LogP contribution in [0, 0.1) is 0 Å². The second-order valence-electron chi connectivity index (χ2n) is 3.48. The highest BCUT2D eigenvalue weighted by Crippen LogP contribution is 2.25. The lowest BCUT2D eigenvalue weighted by Crippen LogP contribution is -2.28. The minimum Gasteiger partial charge on any atom is -0.476 e. The summed E-state index contributed by atoms with van der Waals surface area (Å²) in [5, 5.41) is 8.68. The maximum atomic E-state index is 11.6. The largest absolute Gasteiger partial charge is 0.476 e. The molecule has 1 aromatic heterocycles. The van der Waals surface area contributed by atoms with E-state index >= 15 is 0 Å². The lowest BCUT2D eigenvalue weighted by molar-refractivity contribution is -0.117. The maximum absolute atomic E-state index is 11.6. The molecular weight excluding hydrogens is 313 g/mol. The van der Waals surface area contributed by atoms with E-state index in [0.29, 0.717) is 4.60 Å². The molecule has 1 aromatic rings. The number of hydrogen-bond donors (Lipinski definition) is 1. The topological polar surface area (TPSA) is 83.4 Å². The molecule has 0 bridgehead atoms. The summed E-state index contributed by atoms with van der Waals surface area (Å²) in [7, 11) is 0. The van der Waals surface area contributed by atoms with E-state index in [4.69, 9.17) is 16.7 Å². The molecule has 1 aliphatic rings. The third-order valence-corrected chi connectivity index (χ3v) is 2.93. The molecule has 0 aliphatic carbocycles. The molecule has 1 N–H and O–H groups in total. The molecule has 1 fully saturated rings. The number of halogens is 2. The molecule has 1 amide bonds. The van der Waals surface area contributed by atoms with Crippen molar-refractivity contribution in [1.29, 1.82) is 0 Å². The van der Waals surface area contributed by atoms with Crippen LogP contribution in [0.5, 0.6) is 0 Å². The van der Waals surface area contributed by atoms with E-state index in [2.05, 4.69) is 25.9 Å². The fraction of sp³-hybridized carbons (Fsp3) is 0.333. The highest BCUT2D eigenvalue weighted by Gasteiger charge is 2.33. The number of aromatic carboxylic acids is 1. The van der Waals surface area contributed by atoms with Crippen LogP contribution in [0.25, 0.3) is 0 Å². The van der Waals surface area contributed by atoms with E-state index in [1.54, 1.807) is 0 Å². The zero-order valence-corrected chi connectivity index (χ0v) is 10.8. The van der Waals surface area contributed by atoms with E-state index in [0.717, 1.165) is 0 Å². The van der Waals surface area contributed by atoms with E-state index in [1.165, 1.54) is 11.1 Å². The van der Waals surface area contributed by atoms with Crippen LogP contribution in [0.1, 0.15) is 16.9 Å². The predicted octanol–water partition coefficient (Wildman–Crippen LogP) is 1.28. The number of anilines is 1. The van der Waals surface area contributed by atoms with Gasteiger partial charge in [0, 0.05) is 13.0 Å². The Balaban J connectivity index is 2.45. The molecule has 0 spiro atoms. The smallest absolute Gasteiger partial charge is 0.358 e. The highest BCUT2D eigenvalue weighted by atomic mass is 79.9. The van der Waals surface area contributed by atoms with Crippen molar-refractivity contribution < 1.29 is 14.7 Å². The summed E-state index contributed by atoms with van der Waals surface area (Å²) in [6, 6.07) is 0. The number of carboxylic acids is 1. The van der Waals surface area contributed by atoms with Gasteiger partial charge >= 0.3 is 5.97 Å². The summed E-state index contributed by atoms with van der Waals surface area (Å²) in [4.78, 5) is 31.6. The minimum absolute atomic E-state index is 0.0360. The summed E-state index contributed by atoms with van der Waals surface area (Å²) in [6.07, 6.45) is 1.52. The van der Waals surface area contributed by atoms with Gasteiger partial charge in [-0.2, -0.15) is 0 Å². The van der Waals surface area contributed by atoms with Crippen molar-refractivity contribution in [2.45, 2.75) is 11.8 Å². The fourth-order valence-corrected chi connectivity index (χ4v) is 2.12. The van der Waals surface area contributed by atoms with Gasteiger partial charge in [-0.3, -0.25) is 9.69 Å². The molecule has 1 atom stereocenters. The second kappa shape index (κ2) is 4.58. The zero-order valence-electron chi connectivity index (χ0n) is 8.43. The summed E-state index contributed by atoms with van der Waals surface area (Å²) >= 11 is 8.88. The van der Waals surface area contributed by atoms with Crippen LogP contribution in [0.2, 0.25) is 0 Å². The molecule has 1 saturated heterocycles. The first-order valence-electron chi connectivity index (χ1n) is 4.69. The molecule has 17 heavy (non-hydrogen) atoms. The molecule has 1 unspecified atom stereocenters. The summed E-state index contributed by atoms with van der Waals surface area (Å²) in [6.45, 7) is 0.247. The van der Waals surface area contributed by atoms with Crippen LogP contribution in [0.3, 0.4) is 0 Å². The quantitative estimate of drug-likeness (QED) is 0.830. The normalized spacial score (nSPS) is 19.8. The Bertz CT molecular complexity index is 496. The van der Waals surface area contributed by atoms with E-state index in [1.807, 2.05) is 0 Å². The number of alkyl halides is 1. The van der Waals surface area contributed by atoms with Gasteiger partial charge in [0.2, 0.25) is 5.91 Å². The van der Waals surface area contributed by atoms with Crippen molar-refractivity contribution in [3.8, 4) is 0 Å². The molecular formula is C9H7BrClN3O3. The fourth-order valence-electron chi connectivity index (χ4n) is 1.57. The molecule has 2 heterocycles. The van der Waals surface area contributed by atoms with Gasteiger partial charge in [0.05, 0.1) is 11.6 Å². The van der Waals surface area contributed by atoms with Crippen molar-refractivity contribution in [3.63, 3.8) is 0 Å². The maximum Gasteiger partial charge on any atom is 0.358 e. The summed E-state index contributed by atoms with van der Waals surface area (Å²) < 4.78 is 0.299. The van der Waals surface area contributed by atoms with Gasteiger partial charge in [-0.1, -0.05) is 0 Å². The number of hydrogen-bond acceptors (Lipinski definition) is 4. The van der Waals surface area contributed by atoms with E-state index < -0.39 is 5.97 Å². The first-order valence-corrected chi connectivity index (χ1v) is 5.92. The highest BCUT2D eigenvalue weighted by molar-refractivity contribution is 9.10. The summed E-state index contributed by atoms with van der Waals surface area (Å²) in [5.74, 6) is -1.45. The molecule has 0 aromatic carbocycles. The van der Waals surface area contributed by atoms with Gasteiger partial charge in [-0.25, -0.2) is 14.8 Å². The SMILES string of the molecule is O=C(O)c1nc(Br)cnc1N1CC(Cl)CC1=O. The van der Waals surface area contributed by atoms with Gasteiger partial charge in [-0.15, -0.1) is 11.6 Å². The van der Waals surface area contributed by atoms with Crippen LogP contribution in [-0.2, 0) is 4.79 Å². The molecule has 1 aliphatic heterocycles. The van der Waals surface area contributed by atoms with Gasteiger partial charge in [-0.05, 0) is 15.9 Å². The Morgan fingerprint density at radius 3 is 2.88 bits per heavy atom. The first-order chi connectivity index (χ1) is 7.99. The number of carboxylic acid groups (broad SMARTS) is 1. The van der Waals surface area contributed by atoms with Gasteiger partial charge in [0.15, 0.2) is 11.5 Å². The average molecular weight is 321 g/mol. The summed E-state index contributed by atoms with van der Waals surface area (Å²) in [5.41, 5.74) is -0.265. The molecule has 8 heteroatoms. The van der Waals surface area contributed by atoms with E-state index in [9.17, 15) is 9.59 Å². The average Bonchev–Trinajstić information content (AvgIpc) is 2.57. The van der Waals surface area contributed by atoms with Crippen molar-refractivity contribution >= 4 is 45.2 Å². The number of amides is 1. The Hall–Kier alpha value is -1.21. The first kappa shape index (κ1) is 12.3. The third kappa shape index (κ3) is 2.39. The van der Waals surface area contributed by atoms with Gasteiger partial charge in [0.1, 0.15) is 4.60 Å². The molecule has 2 rings (SSSR count). The molecule has 0 saturated carbocycles. The van der Waals surface area contributed by atoms with Gasteiger partial charge in [0.25, 0.3) is 0 Å². The molecule has 90 valence electrons. The lowest BCUT2D eigenvalue weighted by atomic mass is 10.4.